The molecular weight excluding hydrogens is 257 g/mol. The highest BCUT2D eigenvalue weighted by Crippen LogP contribution is 2.26. The molecular formula is C13H17F3N2O. The van der Waals surface area contributed by atoms with Gasteiger partial charge >= 0.3 is 0 Å². The van der Waals surface area contributed by atoms with Crippen molar-refractivity contribution in [2.24, 2.45) is 5.73 Å². The molecule has 2 rings (SSSR count). The van der Waals surface area contributed by atoms with E-state index in [1.807, 2.05) is 11.9 Å². The Balaban J connectivity index is 2.25. The van der Waals surface area contributed by atoms with Gasteiger partial charge in [0.15, 0.2) is 17.5 Å². The molecule has 1 aliphatic heterocycles. The summed E-state index contributed by atoms with van der Waals surface area (Å²) in [7, 11) is 1.83. The second-order valence-electron chi connectivity index (χ2n) is 4.73. The van der Waals surface area contributed by atoms with Crippen molar-refractivity contribution in [3.8, 4) is 0 Å². The fourth-order valence-electron chi connectivity index (χ4n) is 2.40. The van der Waals surface area contributed by atoms with Gasteiger partial charge in [0.1, 0.15) is 0 Å². The maximum absolute atomic E-state index is 13.3. The van der Waals surface area contributed by atoms with E-state index >= 15 is 0 Å². The zero-order chi connectivity index (χ0) is 14.0. The third-order valence-electron chi connectivity index (χ3n) is 3.59. The van der Waals surface area contributed by atoms with Crippen molar-refractivity contribution in [2.45, 2.75) is 18.5 Å². The lowest BCUT2D eigenvalue weighted by Crippen LogP contribution is -2.39. The molecule has 6 heteroatoms. The fraction of sp³-hybridized carbons (Fsp3) is 0.538. The van der Waals surface area contributed by atoms with E-state index in [4.69, 9.17) is 10.5 Å². The van der Waals surface area contributed by atoms with Crippen LogP contribution in [0.2, 0.25) is 0 Å². The van der Waals surface area contributed by atoms with Gasteiger partial charge in [-0.1, -0.05) is 0 Å². The SMILES string of the molecule is CN(C1CCOC1)C(CN)c1cc(F)c(F)c(F)c1. The number of hydrogen-bond donors (Lipinski definition) is 1. The molecule has 106 valence electrons. The highest BCUT2D eigenvalue weighted by molar-refractivity contribution is 5.23. The van der Waals surface area contributed by atoms with Gasteiger partial charge in [0, 0.05) is 25.2 Å². The summed E-state index contributed by atoms with van der Waals surface area (Å²) in [5.41, 5.74) is 6.03. The van der Waals surface area contributed by atoms with Crippen molar-refractivity contribution in [1.82, 2.24) is 4.90 Å². The van der Waals surface area contributed by atoms with Gasteiger partial charge in [0.2, 0.25) is 0 Å². The second-order valence-corrected chi connectivity index (χ2v) is 4.73. The summed E-state index contributed by atoms with van der Waals surface area (Å²) in [5.74, 6) is -3.83. The van der Waals surface area contributed by atoms with Gasteiger partial charge in [-0.15, -0.1) is 0 Å². The highest BCUT2D eigenvalue weighted by atomic mass is 19.2. The van der Waals surface area contributed by atoms with E-state index in [0.29, 0.717) is 18.8 Å². The molecule has 0 spiro atoms. The normalized spacial score (nSPS) is 21.1. The van der Waals surface area contributed by atoms with E-state index in [1.54, 1.807) is 0 Å². The maximum Gasteiger partial charge on any atom is 0.194 e. The van der Waals surface area contributed by atoms with Crippen LogP contribution in [0, 0.1) is 17.5 Å². The summed E-state index contributed by atoms with van der Waals surface area (Å²) in [6, 6.07) is 1.80. The van der Waals surface area contributed by atoms with Crippen LogP contribution < -0.4 is 5.73 Å². The number of hydrogen-bond acceptors (Lipinski definition) is 3. The fourth-order valence-corrected chi connectivity index (χ4v) is 2.40. The van der Waals surface area contributed by atoms with Crippen LogP contribution in [0.5, 0.6) is 0 Å². The van der Waals surface area contributed by atoms with Gasteiger partial charge < -0.3 is 10.5 Å². The van der Waals surface area contributed by atoms with Gasteiger partial charge in [-0.3, -0.25) is 4.90 Å². The van der Waals surface area contributed by atoms with Gasteiger partial charge in [-0.2, -0.15) is 0 Å². The van der Waals surface area contributed by atoms with Crippen molar-refractivity contribution in [2.75, 3.05) is 26.8 Å². The average molecular weight is 274 g/mol. The Kier molecular flexibility index (Phi) is 4.44. The van der Waals surface area contributed by atoms with Gasteiger partial charge in [0.25, 0.3) is 0 Å². The Hall–Kier alpha value is -1.11. The maximum atomic E-state index is 13.3. The largest absolute Gasteiger partial charge is 0.380 e. The van der Waals surface area contributed by atoms with Crippen molar-refractivity contribution in [1.29, 1.82) is 0 Å². The predicted molar refractivity (Wildman–Crippen MR) is 65.1 cm³/mol. The third kappa shape index (κ3) is 2.91. The van der Waals surface area contributed by atoms with Crippen LogP contribution in [-0.4, -0.2) is 37.7 Å². The van der Waals surface area contributed by atoms with Crippen LogP contribution in [0.4, 0.5) is 13.2 Å². The molecule has 0 radical (unpaired) electrons. The standard InChI is InChI=1S/C13H17F3N2O/c1-18(9-2-3-19-7-9)12(6-17)8-4-10(14)13(16)11(15)5-8/h4-5,9,12H,2-3,6-7,17H2,1H3. The predicted octanol–water partition coefficient (Wildman–Crippen LogP) is 1.82. The van der Waals surface area contributed by atoms with Gasteiger partial charge in [0.05, 0.1) is 6.61 Å². The van der Waals surface area contributed by atoms with Gasteiger partial charge in [-0.25, -0.2) is 13.2 Å². The molecule has 1 saturated heterocycles. The van der Waals surface area contributed by atoms with Crippen molar-refractivity contribution < 1.29 is 17.9 Å². The third-order valence-corrected chi connectivity index (χ3v) is 3.59. The minimum Gasteiger partial charge on any atom is -0.380 e. The van der Waals surface area contributed by atoms with Crippen molar-refractivity contribution >= 4 is 0 Å². The number of nitrogens with two attached hydrogens (primary N) is 1. The Bertz CT molecular complexity index is 427. The van der Waals surface area contributed by atoms with E-state index in [0.717, 1.165) is 18.6 Å². The number of halogens is 3. The van der Waals surface area contributed by atoms with Crippen LogP contribution in [0.25, 0.3) is 0 Å². The molecule has 0 bridgehead atoms. The molecule has 1 fully saturated rings. The summed E-state index contributed by atoms with van der Waals surface area (Å²) in [4.78, 5) is 1.93. The van der Waals surface area contributed by atoms with E-state index in [-0.39, 0.29) is 18.6 Å². The summed E-state index contributed by atoms with van der Waals surface area (Å²) in [6.45, 7) is 1.43. The summed E-state index contributed by atoms with van der Waals surface area (Å²) >= 11 is 0. The van der Waals surface area contributed by atoms with Crippen LogP contribution in [0.15, 0.2) is 12.1 Å². The van der Waals surface area contributed by atoms with Crippen LogP contribution in [-0.2, 0) is 4.74 Å². The first-order valence-corrected chi connectivity index (χ1v) is 6.18. The topological polar surface area (TPSA) is 38.5 Å². The van der Waals surface area contributed by atoms with E-state index < -0.39 is 17.5 Å². The van der Waals surface area contributed by atoms with Crippen LogP contribution in [0.3, 0.4) is 0 Å². The minimum absolute atomic E-state index is 0.157. The molecule has 1 aromatic carbocycles. The first-order valence-electron chi connectivity index (χ1n) is 6.18. The summed E-state index contributed by atoms with van der Waals surface area (Å²) in [6.07, 6.45) is 0.846. The molecule has 0 amide bonds. The number of rotatable bonds is 4. The van der Waals surface area contributed by atoms with Crippen LogP contribution in [0.1, 0.15) is 18.0 Å². The zero-order valence-corrected chi connectivity index (χ0v) is 10.7. The quantitative estimate of drug-likeness (QED) is 0.851. The second kappa shape index (κ2) is 5.90. The number of likely N-dealkylation sites (N-methyl/N-ethyl adjacent to an activating group) is 1. The zero-order valence-electron chi connectivity index (χ0n) is 10.7. The molecule has 0 aliphatic carbocycles. The molecule has 0 saturated carbocycles. The Labute approximate surface area is 110 Å². The molecule has 1 heterocycles. The molecule has 1 aromatic rings. The molecule has 19 heavy (non-hydrogen) atoms. The monoisotopic (exact) mass is 274 g/mol. The molecule has 2 atom stereocenters. The first-order chi connectivity index (χ1) is 9.04. The molecule has 2 unspecified atom stereocenters. The van der Waals surface area contributed by atoms with Crippen molar-refractivity contribution in [3.05, 3.63) is 35.1 Å². The molecule has 3 nitrogen and oxygen atoms in total. The number of nitrogens with zero attached hydrogens (tertiary/aromatic N) is 1. The Morgan fingerprint density at radius 3 is 2.47 bits per heavy atom. The van der Waals surface area contributed by atoms with E-state index in [1.165, 1.54) is 0 Å². The summed E-state index contributed by atoms with van der Waals surface area (Å²) < 4.78 is 44.8. The lowest BCUT2D eigenvalue weighted by molar-refractivity contribution is 0.134. The number of benzene rings is 1. The van der Waals surface area contributed by atoms with Crippen molar-refractivity contribution in [3.63, 3.8) is 0 Å². The Morgan fingerprint density at radius 2 is 2.00 bits per heavy atom. The smallest absolute Gasteiger partial charge is 0.194 e. The van der Waals surface area contributed by atoms with Gasteiger partial charge in [-0.05, 0) is 31.2 Å². The van der Waals surface area contributed by atoms with E-state index in [2.05, 4.69) is 0 Å². The Morgan fingerprint density at radius 1 is 1.37 bits per heavy atom. The molecule has 2 N–H and O–H groups in total. The summed E-state index contributed by atoms with van der Waals surface area (Å²) in [5, 5.41) is 0. The number of ether oxygens (including phenoxy) is 1. The highest BCUT2D eigenvalue weighted by Gasteiger charge is 2.27. The minimum atomic E-state index is -1.45. The lowest BCUT2D eigenvalue weighted by Gasteiger charge is -2.31. The van der Waals surface area contributed by atoms with E-state index in [9.17, 15) is 13.2 Å². The lowest BCUT2D eigenvalue weighted by atomic mass is 10.0. The van der Waals surface area contributed by atoms with Crippen LogP contribution >= 0.6 is 0 Å². The first kappa shape index (κ1) is 14.3. The average Bonchev–Trinajstić information content (AvgIpc) is 2.90. The molecule has 1 aliphatic rings. The molecule has 0 aromatic heterocycles.